The molecule has 0 atom stereocenters. The van der Waals surface area contributed by atoms with Crippen LogP contribution >= 0.6 is 11.6 Å². The molecule has 0 heterocycles. The van der Waals surface area contributed by atoms with E-state index < -0.39 is 0 Å². The van der Waals surface area contributed by atoms with Gasteiger partial charge in [0.1, 0.15) is 17.3 Å². The minimum atomic E-state index is -0.375. The smallest absolute Gasteiger partial charge is 0.243 e. The predicted molar refractivity (Wildman–Crippen MR) is 88.1 cm³/mol. The molecule has 2 aromatic rings. The van der Waals surface area contributed by atoms with Crippen LogP contribution in [0, 0.1) is 5.82 Å². The Balaban J connectivity index is 2.05. The van der Waals surface area contributed by atoms with E-state index in [1.807, 2.05) is 0 Å². The van der Waals surface area contributed by atoms with Crippen LogP contribution in [0.25, 0.3) is 0 Å². The first kappa shape index (κ1) is 16.9. The third-order valence-corrected chi connectivity index (χ3v) is 3.32. The lowest BCUT2D eigenvalue weighted by Crippen LogP contribution is -2.22. The molecule has 122 valence electrons. The maximum Gasteiger partial charge on any atom is 0.243 e. The van der Waals surface area contributed by atoms with Gasteiger partial charge in [-0.05, 0) is 18.2 Å². The standard InChI is InChI=1S/C16H16ClFN2O3/c1-22-14-8-13(15(23-2)7-12(14)17)20-16(21)9-19-11-5-3-4-10(18)6-11/h3-8,19H,9H2,1-2H3,(H,20,21). The molecule has 2 N–H and O–H groups in total. The Morgan fingerprint density at radius 3 is 2.57 bits per heavy atom. The van der Waals surface area contributed by atoms with Crippen molar-refractivity contribution in [3.8, 4) is 11.5 Å². The molecule has 0 spiro atoms. The van der Waals surface area contributed by atoms with E-state index in [9.17, 15) is 9.18 Å². The first-order valence-corrected chi connectivity index (χ1v) is 7.12. The van der Waals surface area contributed by atoms with Gasteiger partial charge in [-0.3, -0.25) is 4.79 Å². The molecule has 0 saturated heterocycles. The van der Waals surface area contributed by atoms with Gasteiger partial charge in [0.05, 0.1) is 31.5 Å². The van der Waals surface area contributed by atoms with Crippen molar-refractivity contribution in [3.63, 3.8) is 0 Å². The number of hydrogen-bond acceptors (Lipinski definition) is 4. The number of benzene rings is 2. The number of ether oxygens (including phenoxy) is 2. The van der Waals surface area contributed by atoms with Gasteiger partial charge in [-0.1, -0.05) is 17.7 Å². The molecular weight excluding hydrogens is 323 g/mol. The van der Waals surface area contributed by atoms with Crippen molar-refractivity contribution >= 4 is 28.9 Å². The van der Waals surface area contributed by atoms with Gasteiger partial charge in [-0.25, -0.2) is 4.39 Å². The molecule has 0 saturated carbocycles. The van der Waals surface area contributed by atoms with Crippen molar-refractivity contribution in [3.05, 3.63) is 47.2 Å². The van der Waals surface area contributed by atoms with Crippen molar-refractivity contribution < 1.29 is 18.7 Å². The van der Waals surface area contributed by atoms with Crippen molar-refractivity contribution in [1.29, 1.82) is 0 Å². The molecule has 0 fully saturated rings. The fraction of sp³-hybridized carbons (Fsp3) is 0.188. The van der Waals surface area contributed by atoms with Crippen molar-refractivity contribution in [2.75, 3.05) is 31.4 Å². The Labute approximate surface area is 138 Å². The molecule has 5 nitrogen and oxygen atoms in total. The highest BCUT2D eigenvalue weighted by Gasteiger charge is 2.12. The molecule has 2 rings (SSSR count). The van der Waals surface area contributed by atoms with Crippen LogP contribution in [0.1, 0.15) is 0 Å². The molecular formula is C16H16ClFN2O3. The molecule has 0 aliphatic carbocycles. The van der Waals surface area contributed by atoms with Gasteiger partial charge < -0.3 is 20.1 Å². The van der Waals surface area contributed by atoms with Crippen molar-refractivity contribution in [1.82, 2.24) is 0 Å². The van der Waals surface area contributed by atoms with E-state index in [1.54, 1.807) is 24.3 Å². The molecule has 0 aliphatic rings. The van der Waals surface area contributed by atoms with Crippen molar-refractivity contribution in [2.24, 2.45) is 0 Å². The van der Waals surface area contributed by atoms with Crippen LogP contribution in [0.4, 0.5) is 15.8 Å². The lowest BCUT2D eigenvalue weighted by atomic mass is 10.2. The highest BCUT2D eigenvalue weighted by atomic mass is 35.5. The largest absolute Gasteiger partial charge is 0.495 e. The number of hydrogen-bond donors (Lipinski definition) is 2. The highest BCUT2D eigenvalue weighted by Crippen LogP contribution is 2.35. The van der Waals surface area contributed by atoms with Gasteiger partial charge in [0, 0.05) is 17.8 Å². The van der Waals surface area contributed by atoms with Crippen molar-refractivity contribution in [2.45, 2.75) is 0 Å². The van der Waals surface area contributed by atoms with Gasteiger partial charge in [0.15, 0.2) is 0 Å². The van der Waals surface area contributed by atoms with Gasteiger partial charge in [-0.2, -0.15) is 0 Å². The third kappa shape index (κ3) is 4.50. The molecule has 0 bridgehead atoms. The van der Waals surface area contributed by atoms with Crippen LogP contribution in [0.5, 0.6) is 11.5 Å². The van der Waals surface area contributed by atoms with E-state index in [1.165, 1.54) is 26.4 Å². The predicted octanol–water partition coefficient (Wildman–Crippen LogP) is 3.55. The number of amides is 1. The fourth-order valence-electron chi connectivity index (χ4n) is 1.93. The summed E-state index contributed by atoms with van der Waals surface area (Å²) in [6, 6.07) is 8.98. The summed E-state index contributed by atoms with van der Waals surface area (Å²) in [7, 11) is 2.95. The lowest BCUT2D eigenvalue weighted by Gasteiger charge is -2.13. The quantitative estimate of drug-likeness (QED) is 0.845. The normalized spacial score (nSPS) is 10.1. The molecule has 23 heavy (non-hydrogen) atoms. The second kappa shape index (κ2) is 7.69. The lowest BCUT2D eigenvalue weighted by molar-refractivity contribution is -0.114. The van der Waals surface area contributed by atoms with E-state index in [4.69, 9.17) is 21.1 Å². The number of halogens is 2. The second-order valence-electron chi connectivity index (χ2n) is 4.60. The Morgan fingerprint density at radius 1 is 1.17 bits per heavy atom. The second-order valence-corrected chi connectivity index (χ2v) is 5.01. The topological polar surface area (TPSA) is 59.6 Å². The maximum absolute atomic E-state index is 13.1. The molecule has 2 aromatic carbocycles. The summed E-state index contributed by atoms with van der Waals surface area (Å²) in [5, 5.41) is 5.90. The maximum atomic E-state index is 13.1. The Bertz CT molecular complexity index is 710. The number of anilines is 2. The molecule has 0 aliphatic heterocycles. The van der Waals surface area contributed by atoms with Gasteiger partial charge >= 0.3 is 0 Å². The van der Waals surface area contributed by atoms with E-state index in [-0.39, 0.29) is 18.3 Å². The van der Waals surface area contributed by atoms with E-state index in [2.05, 4.69) is 10.6 Å². The zero-order valence-electron chi connectivity index (χ0n) is 12.7. The van der Waals surface area contributed by atoms with Gasteiger partial charge in [-0.15, -0.1) is 0 Å². The van der Waals surface area contributed by atoms with Crippen LogP contribution in [-0.2, 0) is 4.79 Å². The van der Waals surface area contributed by atoms with E-state index in [0.717, 1.165) is 0 Å². The zero-order chi connectivity index (χ0) is 16.8. The first-order chi connectivity index (χ1) is 11.0. The number of methoxy groups -OCH3 is 2. The Morgan fingerprint density at radius 2 is 1.91 bits per heavy atom. The summed E-state index contributed by atoms with van der Waals surface area (Å²) in [6.45, 7) is -0.0302. The first-order valence-electron chi connectivity index (χ1n) is 6.74. The van der Waals surface area contributed by atoms with Crippen LogP contribution in [0.15, 0.2) is 36.4 Å². The molecule has 0 aromatic heterocycles. The van der Waals surface area contributed by atoms with Crippen LogP contribution in [0.3, 0.4) is 0 Å². The SMILES string of the molecule is COc1cc(NC(=O)CNc2cccc(F)c2)c(OC)cc1Cl. The number of nitrogens with one attached hydrogen (secondary N) is 2. The summed E-state index contributed by atoms with van der Waals surface area (Å²) >= 11 is 6.01. The average Bonchev–Trinajstić information content (AvgIpc) is 2.54. The van der Waals surface area contributed by atoms with Gasteiger partial charge in [0.25, 0.3) is 0 Å². The fourth-order valence-corrected chi connectivity index (χ4v) is 2.16. The molecule has 1 amide bonds. The number of carbonyl (C=O) groups is 1. The molecule has 0 radical (unpaired) electrons. The Hall–Kier alpha value is -2.47. The highest BCUT2D eigenvalue weighted by molar-refractivity contribution is 6.32. The average molecular weight is 339 g/mol. The summed E-state index contributed by atoms with van der Waals surface area (Å²) < 4.78 is 23.4. The monoisotopic (exact) mass is 338 g/mol. The van der Waals surface area contributed by atoms with Crippen LogP contribution in [-0.4, -0.2) is 26.7 Å². The summed E-state index contributed by atoms with van der Waals surface area (Å²) in [4.78, 5) is 12.0. The van der Waals surface area contributed by atoms with E-state index >= 15 is 0 Å². The summed E-state index contributed by atoms with van der Waals surface area (Å²) in [5.74, 6) is 0.132. The minimum Gasteiger partial charge on any atom is -0.495 e. The molecule has 0 unspecified atom stereocenters. The Kier molecular flexibility index (Phi) is 5.65. The third-order valence-electron chi connectivity index (χ3n) is 3.03. The number of rotatable bonds is 6. The van der Waals surface area contributed by atoms with Crippen LogP contribution < -0.4 is 20.1 Å². The van der Waals surface area contributed by atoms with Crippen LogP contribution in [0.2, 0.25) is 5.02 Å². The number of carbonyl (C=O) groups excluding carboxylic acids is 1. The summed E-state index contributed by atoms with van der Waals surface area (Å²) in [6.07, 6.45) is 0. The van der Waals surface area contributed by atoms with E-state index in [0.29, 0.717) is 27.9 Å². The minimum absolute atomic E-state index is 0.0302. The molecule has 7 heteroatoms. The summed E-state index contributed by atoms with van der Waals surface area (Å²) in [5.41, 5.74) is 0.945. The van der Waals surface area contributed by atoms with Gasteiger partial charge in [0.2, 0.25) is 5.91 Å². The zero-order valence-corrected chi connectivity index (χ0v) is 13.4.